The summed E-state index contributed by atoms with van der Waals surface area (Å²) in [6.45, 7) is 3.52. The average molecular weight is 442 g/mol. The largest absolute Gasteiger partial charge is 0.311 e. The van der Waals surface area contributed by atoms with E-state index in [0.717, 1.165) is 43.9 Å². The summed E-state index contributed by atoms with van der Waals surface area (Å²) in [6.07, 6.45) is 4.99. The van der Waals surface area contributed by atoms with Crippen LogP contribution in [0, 0.1) is 17.2 Å². The maximum atomic E-state index is 13.2. The molecule has 3 heterocycles. The van der Waals surface area contributed by atoms with Crippen molar-refractivity contribution in [1.29, 1.82) is 5.26 Å². The third-order valence-corrected chi connectivity index (χ3v) is 6.75. The molecule has 1 fully saturated rings. The lowest BCUT2D eigenvalue weighted by Crippen LogP contribution is -2.47. The summed E-state index contributed by atoms with van der Waals surface area (Å²) in [6, 6.07) is 21.8. The lowest BCUT2D eigenvalue weighted by Gasteiger charge is -2.43. The maximum absolute atomic E-state index is 13.2. The van der Waals surface area contributed by atoms with Crippen molar-refractivity contribution in [1.82, 2.24) is 9.47 Å². The molecule has 1 saturated heterocycles. The van der Waals surface area contributed by atoms with Crippen LogP contribution in [-0.4, -0.2) is 22.6 Å². The third-order valence-electron chi connectivity index (χ3n) is 6.50. The molecule has 3 aromatic rings. The van der Waals surface area contributed by atoms with E-state index in [0.29, 0.717) is 28.0 Å². The van der Waals surface area contributed by atoms with E-state index in [4.69, 9.17) is 16.9 Å². The van der Waals surface area contributed by atoms with Crippen LogP contribution in [-0.2, 0) is 13.1 Å². The topological polar surface area (TPSA) is 49.0 Å². The van der Waals surface area contributed by atoms with Crippen LogP contribution < -0.4 is 5.56 Å². The second-order valence-corrected chi connectivity index (χ2v) is 9.26. The Balaban J connectivity index is 1.35. The second-order valence-electron chi connectivity index (χ2n) is 8.82. The van der Waals surface area contributed by atoms with Crippen molar-refractivity contribution in [2.75, 3.05) is 13.1 Å². The Labute approximate surface area is 193 Å². The predicted molar refractivity (Wildman–Crippen MR) is 128 cm³/mol. The fourth-order valence-electron chi connectivity index (χ4n) is 5.08. The first-order valence-electron chi connectivity index (χ1n) is 11.0. The van der Waals surface area contributed by atoms with Crippen molar-refractivity contribution in [3.05, 3.63) is 104 Å². The van der Waals surface area contributed by atoms with Crippen molar-refractivity contribution in [2.24, 2.45) is 5.92 Å². The summed E-state index contributed by atoms with van der Waals surface area (Å²) in [7, 11) is 0. The molecule has 4 nitrogen and oxygen atoms in total. The number of hydrogen-bond donors (Lipinski definition) is 0. The predicted octanol–water partition coefficient (Wildman–Crippen LogP) is 5.16. The van der Waals surface area contributed by atoms with E-state index in [1.165, 1.54) is 5.56 Å². The van der Waals surface area contributed by atoms with Crippen molar-refractivity contribution in [3.8, 4) is 6.07 Å². The number of nitrogens with zero attached hydrogens (tertiary/aromatic N) is 3. The molecule has 0 amide bonds. The molecule has 5 rings (SSSR count). The highest BCUT2D eigenvalue weighted by Crippen LogP contribution is 2.35. The number of nitriles is 1. The molecule has 0 N–H and O–H groups in total. The maximum Gasteiger partial charge on any atom is 0.258 e. The number of benzene rings is 2. The van der Waals surface area contributed by atoms with Crippen LogP contribution in [0.15, 0.2) is 65.5 Å². The van der Waals surface area contributed by atoms with Crippen LogP contribution in [0.5, 0.6) is 0 Å². The van der Waals surface area contributed by atoms with Gasteiger partial charge in [0, 0.05) is 48.4 Å². The zero-order valence-electron chi connectivity index (χ0n) is 17.7. The molecule has 2 bridgehead atoms. The van der Waals surface area contributed by atoms with E-state index >= 15 is 0 Å². The Bertz CT molecular complexity index is 1270. The van der Waals surface area contributed by atoms with E-state index in [-0.39, 0.29) is 5.56 Å². The van der Waals surface area contributed by atoms with Crippen molar-refractivity contribution < 1.29 is 0 Å². The lowest BCUT2D eigenvalue weighted by molar-refractivity contribution is 0.114. The quantitative estimate of drug-likeness (QED) is 0.561. The molecule has 0 saturated carbocycles. The van der Waals surface area contributed by atoms with Crippen LogP contribution in [0.3, 0.4) is 0 Å². The molecule has 0 spiro atoms. The number of rotatable bonds is 4. The van der Waals surface area contributed by atoms with Gasteiger partial charge in [-0.2, -0.15) is 5.26 Å². The molecule has 1 aromatic heterocycles. The molecule has 2 aromatic carbocycles. The van der Waals surface area contributed by atoms with E-state index in [1.54, 1.807) is 0 Å². The molecule has 2 aliphatic rings. The average Bonchev–Trinajstić information content (AvgIpc) is 2.80. The van der Waals surface area contributed by atoms with E-state index < -0.39 is 0 Å². The minimum absolute atomic E-state index is 0.0950. The molecule has 5 heteroatoms. The summed E-state index contributed by atoms with van der Waals surface area (Å²) in [5.41, 5.74) is 4.85. The van der Waals surface area contributed by atoms with E-state index in [2.05, 4.69) is 23.1 Å². The van der Waals surface area contributed by atoms with Crippen molar-refractivity contribution in [3.63, 3.8) is 0 Å². The molecule has 0 radical (unpaired) electrons. The number of aromatic nitrogens is 1. The van der Waals surface area contributed by atoms with Gasteiger partial charge in [0.2, 0.25) is 0 Å². The van der Waals surface area contributed by atoms with Crippen LogP contribution >= 0.6 is 11.6 Å². The Morgan fingerprint density at radius 1 is 1.03 bits per heavy atom. The summed E-state index contributed by atoms with van der Waals surface area (Å²) in [5.74, 6) is 0.831. The summed E-state index contributed by atoms with van der Waals surface area (Å²) < 4.78 is 1.99. The van der Waals surface area contributed by atoms with Gasteiger partial charge in [0.15, 0.2) is 0 Å². The van der Waals surface area contributed by atoms with Gasteiger partial charge in [-0.3, -0.25) is 9.69 Å². The smallest absolute Gasteiger partial charge is 0.258 e. The molecular formula is C27H24ClN3O. The molecule has 0 aliphatic carbocycles. The zero-order chi connectivity index (χ0) is 22.1. The first-order valence-corrected chi connectivity index (χ1v) is 11.4. The number of pyridine rings is 1. The highest BCUT2D eigenvalue weighted by atomic mass is 35.5. The first-order chi connectivity index (χ1) is 15.6. The van der Waals surface area contributed by atoms with Gasteiger partial charge in [0.05, 0.1) is 11.6 Å². The Morgan fingerprint density at radius 3 is 2.69 bits per heavy atom. The van der Waals surface area contributed by atoms with Crippen LogP contribution in [0.2, 0.25) is 5.02 Å². The van der Waals surface area contributed by atoms with Gasteiger partial charge in [0.25, 0.3) is 5.56 Å². The number of hydrogen-bond acceptors (Lipinski definition) is 3. The Kier molecular flexibility index (Phi) is 5.70. The fourth-order valence-corrected chi connectivity index (χ4v) is 5.20. The highest BCUT2D eigenvalue weighted by molar-refractivity contribution is 6.30. The van der Waals surface area contributed by atoms with Gasteiger partial charge in [-0.25, -0.2) is 0 Å². The molecule has 32 heavy (non-hydrogen) atoms. The molecule has 2 atom stereocenters. The molecule has 160 valence electrons. The number of piperidine rings is 1. The van der Waals surface area contributed by atoms with Crippen LogP contribution in [0.25, 0.3) is 12.2 Å². The van der Waals surface area contributed by atoms with Gasteiger partial charge >= 0.3 is 0 Å². The normalized spacial score (nSPS) is 20.1. The van der Waals surface area contributed by atoms with Gasteiger partial charge < -0.3 is 4.57 Å². The van der Waals surface area contributed by atoms with Crippen molar-refractivity contribution >= 4 is 23.8 Å². The SMILES string of the molecule is N#Cc1cccc(CN2C[C@@H]3C[C@H](C2)c2ccc(/C=C/c4ccc(Cl)cc4)c(=O)n2C3)c1. The monoisotopic (exact) mass is 441 g/mol. The Hall–Kier alpha value is -3.13. The van der Waals surface area contributed by atoms with Crippen LogP contribution in [0.4, 0.5) is 0 Å². The van der Waals surface area contributed by atoms with Crippen LogP contribution in [0.1, 0.15) is 40.3 Å². The van der Waals surface area contributed by atoms with Gasteiger partial charge in [-0.1, -0.05) is 41.9 Å². The van der Waals surface area contributed by atoms with Crippen molar-refractivity contribution in [2.45, 2.75) is 25.4 Å². The number of halogens is 1. The van der Waals surface area contributed by atoms with Gasteiger partial charge in [-0.15, -0.1) is 0 Å². The molecular weight excluding hydrogens is 418 g/mol. The Morgan fingerprint density at radius 2 is 1.88 bits per heavy atom. The third kappa shape index (κ3) is 4.27. The summed E-state index contributed by atoms with van der Waals surface area (Å²) >= 11 is 5.96. The summed E-state index contributed by atoms with van der Waals surface area (Å²) in [5, 5.41) is 9.87. The zero-order valence-corrected chi connectivity index (χ0v) is 18.5. The lowest BCUT2D eigenvalue weighted by atomic mass is 9.82. The first kappa shape index (κ1) is 20.8. The van der Waals surface area contributed by atoms with Gasteiger partial charge in [-0.05, 0) is 65.9 Å². The number of likely N-dealkylation sites (tertiary alicyclic amines) is 1. The minimum Gasteiger partial charge on any atom is -0.311 e. The summed E-state index contributed by atoms with van der Waals surface area (Å²) in [4.78, 5) is 15.7. The molecule has 2 aliphatic heterocycles. The van der Waals surface area contributed by atoms with E-state index in [1.807, 2.05) is 65.3 Å². The van der Waals surface area contributed by atoms with E-state index in [9.17, 15) is 4.79 Å². The van der Waals surface area contributed by atoms with Gasteiger partial charge in [0.1, 0.15) is 0 Å². The second kappa shape index (κ2) is 8.78. The molecule has 0 unspecified atom stereocenters. The fraction of sp³-hybridized carbons (Fsp3) is 0.259. The highest BCUT2D eigenvalue weighted by Gasteiger charge is 2.34. The standard InChI is InChI=1S/C27H24ClN3O/c28-25-9-5-19(6-10-25)4-7-23-8-11-26-24-13-22(17-31(26)27(23)32)16-30(18-24)15-21-3-1-2-20(12-21)14-29/h1-12,22,24H,13,15-18H2/b7-4+/t22-,24+/m0/s1. The number of fused-ring (bicyclic) bond motifs is 4. The minimum atomic E-state index is 0.0950.